The molecule has 3 rings (SSSR count). The normalized spacial score (nSPS) is 10.9. The van der Waals surface area contributed by atoms with E-state index in [2.05, 4.69) is 20.5 Å². The van der Waals surface area contributed by atoms with Crippen LogP contribution in [0.2, 0.25) is 0 Å². The van der Waals surface area contributed by atoms with Gasteiger partial charge in [-0.1, -0.05) is 10.3 Å². The lowest BCUT2D eigenvalue weighted by atomic mass is 10.0. The van der Waals surface area contributed by atoms with Gasteiger partial charge in [0, 0.05) is 29.8 Å². The van der Waals surface area contributed by atoms with Gasteiger partial charge in [-0.15, -0.1) is 0 Å². The third-order valence-electron chi connectivity index (χ3n) is 3.03. The van der Waals surface area contributed by atoms with E-state index in [-0.39, 0.29) is 5.56 Å². The Hall–Kier alpha value is -2.70. The van der Waals surface area contributed by atoms with E-state index in [0.29, 0.717) is 34.9 Å². The molecule has 0 aromatic carbocycles. The van der Waals surface area contributed by atoms with Crippen LogP contribution in [0.3, 0.4) is 0 Å². The first-order valence-corrected chi connectivity index (χ1v) is 6.06. The van der Waals surface area contributed by atoms with Crippen molar-refractivity contribution in [1.29, 1.82) is 0 Å². The zero-order valence-electron chi connectivity index (χ0n) is 11.0. The van der Waals surface area contributed by atoms with Gasteiger partial charge in [0.25, 0.3) is 5.56 Å². The van der Waals surface area contributed by atoms with Crippen LogP contribution in [-0.4, -0.2) is 20.5 Å². The number of rotatable bonds is 3. The third kappa shape index (κ3) is 2.13. The number of hydrogen-bond acceptors (Lipinski definition) is 6. The molecule has 0 radical (unpaired) electrons. The fraction of sp³-hybridized carbons (Fsp3) is 0.231. The predicted molar refractivity (Wildman–Crippen MR) is 69.1 cm³/mol. The minimum absolute atomic E-state index is 0.226. The molecule has 3 aromatic rings. The molecule has 0 amide bonds. The number of nitrogens with one attached hydrogen (secondary N) is 1. The SMILES string of the molecule is Cc1cc(-c2noc(C)c2Cc2ccn[nH]c2=O)no1. The molecule has 0 saturated heterocycles. The van der Waals surface area contributed by atoms with Crippen molar-refractivity contribution in [2.75, 3.05) is 0 Å². The largest absolute Gasteiger partial charge is 0.361 e. The fourth-order valence-corrected chi connectivity index (χ4v) is 1.98. The molecule has 0 atom stereocenters. The van der Waals surface area contributed by atoms with Crippen LogP contribution >= 0.6 is 0 Å². The lowest BCUT2D eigenvalue weighted by Crippen LogP contribution is -2.13. The Morgan fingerprint density at radius 1 is 1.25 bits per heavy atom. The van der Waals surface area contributed by atoms with Crippen LogP contribution in [0.4, 0.5) is 0 Å². The number of aromatic nitrogens is 4. The molecule has 7 nitrogen and oxygen atoms in total. The van der Waals surface area contributed by atoms with Gasteiger partial charge in [-0.2, -0.15) is 5.10 Å². The van der Waals surface area contributed by atoms with Crippen LogP contribution in [0.25, 0.3) is 11.4 Å². The smallest absolute Gasteiger partial charge is 0.267 e. The predicted octanol–water partition coefficient (Wildman–Crippen LogP) is 1.62. The first kappa shape index (κ1) is 12.3. The maximum Gasteiger partial charge on any atom is 0.267 e. The van der Waals surface area contributed by atoms with E-state index in [1.807, 2.05) is 0 Å². The summed E-state index contributed by atoms with van der Waals surface area (Å²) in [4.78, 5) is 11.7. The van der Waals surface area contributed by atoms with E-state index in [9.17, 15) is 4.79 Å². The summed E-state index contributed by atoms with van der Waals surface area (Å²) in [6.45, 7) is 3.60. The van der Waals surface area contributed by atoms with E-state index < -0.39 is 0 Å². The maximum absolute atomic E-state index is 11.7. The van der Waals surface area contributed by atoms with Crippen molar-refractivity contribution in [3.8, 4) is 11.4 Å². The standard InChI is InChI=1S/C13H12N4O3/c1-7-5-11(16-19-7)12-10(8(2)20-17-12)6-9-3-4-14-15-13(9)18/h3-5H,6H2,1-2H3,(H,15,18). The minimum atomic E-state index is -0.226. The van der Waals surface area contributed by atoms with Crippen LogP contribution in [0, 0.1) is 13.8 Å². The van der Waals surface area contributed by atoms with E-state index in [0.717, 1.165) is 5.56 Å². The van der Waals surface area contributed by atoms with Crippen molar-refractivity contribution in [1.82, 2.24) is 20.5 Å². The Balaban J connectivity index is 2.04. The molecule has 0 unspecified atom stereocenters. The number of H-pyrrole nitrogens is 1. The zero-order chi connectivity index (χ0) is 14.1. The number of aryl methyl sites for hydroxylation is 2. The Morgan fingerprint density at radius 2 is 2.10 bits per heavy atom. The van der Waals surface area contributed by atoms with Crippen LogP contribution in [0.5, 0.6) is 0 Å². The van der Waals surface area contributed by atoms with E-state index in [1.165, 1.54) is 0 Å². The van der Waals surface area contributed by atoms with E-state index in [1.54, 1.807) is 32.2 Å². The lowest BCUT2D eigenvalue weighted by Gasteiger charge is -1.99. The highest BCUT2D eigenvalue weighted by molar-refractivity contribution is 5.59. The quantitative estimate of drug-likeness (QED) is 0.778. The first-order valence-electron chi connectivity index (χ1n) is 6.06. The van der Waals surface area contributed by atoms with Crippen molar-refractivity contribution in [3.05, 3.63) is 51.3 Å². The van der Waals surface area contributed by atoms with Gasteiger partial charge >= 0.3 is 0 Å². The third-order valence-corrected chi connectivity index (χ3v) is 3.03. The van der Waals surface area contributed by atoms with Gasteiger partial charge in [-0.3, -0.25) is 4.79 Å². The van der Waals surface area contributed by atoms with Crippen LogP contribution in [0.1, 0.15) is 22.6 Å². The Kier molecular flexibility index (Phi) is 2.94. The highest BCUT2D eigenvalue weighted by atomic mass is 16.5. The summed E-state index contributed by atoms with van der Waals surface area (Å²) >= 11 is 0. The van der Waals surface area contributed by atoms with E-state index in [4.69, 9.17) is 9.05 Å². The minimum Gasteiger partial charge on any atom is -0.361 e. The molecule has 1 N–H and O–H groups in total. The van der Waals surface area contributed by atoms with Gasteiger partial charge < -0.3 is 9.05 Å². The van der Waals surface area contributed by atoms with Gasteiger partial charge in [-0.05, 0) is 19.9 Å². The molecule has 0 aliphatic rings. The van der Waals surface area contributed by atoms with Gasteiger partial charge in [0.2, 0.25) is 0 Å². The van der Waals surface area contributed by atoms with Crippen LogP contribution in [0.15, 0.2) is 32.2 Å². The van der Waals surface area contributed by atoms with Gasteiger partial charge in [0.1, 0.15) is 22.9 Å². The molecule has 0 aliphatic heterocycles. The molecule has 3 aromatic heterocycles. The molecular formula is C13H12N4O3. The second-order valence-electron chi connectivity index (χ2n) is 4.48. The summed E-state index contributed by atoms with van der Waals surface area (Å²) in [6.07, 6.45) is 1.94. The summed E-state index contributed by atoms with van der Waals surface area (Å²) in [6, 6.07) is 3.45. The summed E-state index contributed by atoms with van der Waals surface area (Å²) in [5.41, 5.74) is 2.37. The Morgan fingerprint density at radius 3 is 2.80 bits per heavy atom. The van der Waals surface area contributed by atoms with Crippen molar-refractivity contribution in [2.24, 2.45) is 0 Å². The van der Waals surface area contributed by atoms with Gasteiger partial charge in [-0.25, -0.2) is 5.10 Å². The fourth-order valence-electron chi connectivity index (χ4n) is 1.98. The summed E-state index contributed by atoms with van der Waals surface area (Å²) in [7, 11) is 0. The molecule has 3 heterocycles. The number of nitrogens with zero attached hydrogens (tertiary/aromatic N) is 3. The zero-order valence-corrected chi connectivity index (χ0v) is 11.0. The molecule has 0 spiro atoms. The van der Waals surface area contributed by atoms with Crippen LogP contribution < -0.4 is 5.56 Å². The molecule has 7 heteroatoms. The number of hydrogen-bond donors (Lipinski definition) is 1. The summed E-state index contributed by atoms with van der Waals surface area (Å²) in [5, 5.41) is 14.0. The average molecular weight is 272 g/mol. The topological polar surface area (TPSA) is 97.8 Å². The molecule has 102 valence electrons. The summed E-state index contributed by atoms with van der Waals surface area (Å²) < 4.78 is 10.3. The highest BCUT2D eigenvalue weighted by Crippen LogP contribution is 2.26. The molecule has 0 fully saturated rings. The average Bonchev–Trinajstić information content (AvgIpc) is 3.00. The number of aromatic amines is 1. The second kappa shape index (κ2) is 4.76. The lowest BCUT2D eigenvalue weighted by molar-refractivity contribution is 0.391. The monoisotopic (exact) mass is 272 g/mol. The Bertz CT molecular complexity index is 800. The van der Waals surface area contributed by atoms with Crippen molar-refractivity contribution in [3.63, 3.8) is 0 Å². The maximum atomic E-state index is 11.7. The van der Waals surface area contributed by atoms with Gasteiger partial charge in [0.15, 0.2) is 0 Å². The van der Waals surface area contributed by atoms with Crippen molar-refractivity contribution >= 4 is 0 Å². The summed E-state index contributed by atoms with van der Waals surface area (Å²) in [5.74, 6) is 1.34. The molecule has 20 heavy (non-hydrogen) atoms. The van der Waals surface area contributed by atoms with Gasteiger partial charge in [0.05, 0.1) is 0 Å². The van der Waals surface area contributed by atoms with E-state index >= 15 is 0 Å². The van der Waals surface area contributed by atoms with Crippen LogP contribution in [-0.2, 0) is 6.42 Å². The second-order valence-corrected chi connectivity index (χ2v) is 4.48. The Labute approximate surface area is 113 Å². The molecular weight excluding hydrogens is 260 g/mol. The highest BCUT2D eigenvalue weighted by Gasteiger charge is 2.19. The molecule has 0 aliphatic carbocycles. The first-order chi connectivity index (χ1) is 9.65. The van der Waals surface area contributed by atoms with Crippen molar-refractivity contribution in [2.45, 2.75) is 20.3 Å². The molecule has 0 saturated carbocycles. The van der Waals surface area contributed by atoms with Crippen molar-refractivity contribution < 1.29 is 9.05 Å². The molecule has 0 bridgehead atoms.